The van der Waals surface area contributed by atoms with Gasteiger partial charge in [0.1, 0.15) is 34.6 Å². The summed E-state index contributed by atoms with van der Waals surface area (Å²) in [5, 5.41) is 0. The van der Waals surface area contributed by atoms with Crippen LogP contribution in [-0.4, -0.2) is 0 Å². The molecule has 5 aromatic rings. The first kappa shape index (κ1) is 30.0. The van der Waals surface area contributed by atoms with Crippen molar-refractivity contribution in [1.82, 2.24) is 0 Å². The molecule has 0 amide bonds. The van der Waals surface area contributed by atoms with Crippen molar-refractivity contribution < 1.29 is 31.1 Å². The van der Waals surface area contributed by atoms with Crippen molar-refractivity contribution in [1.29, 1.82) is 0 Å². The number of hydrogen-bond donors (Lipinski definition) is 0. The van der Waals surface area contributed by atoms with Gasteiger partial charge in [-0.15, -0.1) is 0 Å². The minimum absolute atomic E-state index is 0.107. The summed E-state index contributed by atoms with van der Waals surface area (Å²) in [6.07, 6.45) is -0.319. The van der Waals surface area contributed by atoms with Crippen LogP contribution in [0.15, 0.2) is 103 Å². The van der Waals surface area contributed by atoms with Gasteiger partial charge in [-0.25, -0.2) is 17.6 Å². The molecule has 5 aromatic carbocycles. The van der Waals surface area contributed by atoms with Crippen molar-refractivity contribution in [3.05, 3.63) is 138 Å². The molecule has 5 rings (SSSR count). The van der Waals surface area contributed by atoms with Crippen LogP contribution in [-0.2, 0) is 12.5 Å². The molecule has 0 spiro atoms. The van der Waals surface area contributed by atoms with Gasteiger partial charge in [0.2, 0.25) is 0 Å². The Morgan fingerprint density at radius 1 is 0.558 bits per heavy atom. The Hall–Kier alpha value is -4.52. The minimum Gasteiger partial charge on any atom is -0.429 e. The van der Waals surface area contributed by atoms with E-state index in [0.717, 1.165) is 66.6 Å². The molecule has 0 bridgehead atoms. The molecule has 0 radical (unpaired) electrons. The quantitative estimate of drug-likeness (QED) is 0.116. The molecule has 0 N–H and O–H groups in total. The highest BCUT2D eigenvalue weighted by molar-refractivity contribution is 5.71. The monoisotopic (exact) mass is 590 g/mol. The van der Waals surface area contributed by atoms with Gasteiger partial charge in [0, 0.05) is 11.6 Å². The molecule has 0 aromatic heterocycles. The molecule has 1 nitrogen and oxygen atoms in total. The summed E-state index contributed by atoms with van der Waals surface area (Å²) in [5.41, 5.74) is 2.22. The fourth-order valence-corrected chi connectivity index (χ4v) is 4.94. The third-order valence-electron chi connectivity index (χ3n) is 7.25. The summed E-state index contributed by atoms with van der Waals surface area (Å²) in [4.78, 5) is 0. The van der Waals surface area contributed by atoms with E-state index in [4.69, 9.17) is 0 Å². The van der Waals surface area contributed by atoms with Gasteiger partial charge in [-0.3, -0.25) is 0 Å². The molecule has 0 aliphatic rings. The first-order valence-corrected chi connectivity index (χ1v) is 14.0. The molecule has 0 aliphatic heterocycles. The number of ether oxygens (including phenoxy) is 1. The predicted octanol–water partition coefficient (Wildman–Crippen LogP) is 11.1. The van der Waals surface area contributed by atoms with E-state index < -0.39 is 34.9 Å². The van der Waals surface area contributed by atoms with Gasteiger partial charge in [-0.2, -0.15) is 8.78 Å². The number of alkyl halides is 2. The molecule has 0 saturated carbocycles. The molecule has 0 heterocycles. The smallest absolute Gasteiger partial charge is 0.429 e. The topological polar surface area (TPSA) is 9.23 Å². The Balaban J connectivity index is 1.32. The van der Waals surface area contributed by atoms with Gasteiger partial charge >= 0.3 is 6.11 Å². The molecule has 0 unspecified atom stereocenters. The predicted molar refractivity (Wildman–Crippen MR) is 157 cm³/mol. The van der Waals surface area contributed by atoms with Crippen LogP contribution in [0.25, 0.3) is 33.4 Å². The second-order valence-electron chi connectivity index (χ2n) is 10.3. The van der Waals surface area contributed by atoms with E-state index in [1.54, 1.807) is 48.5 Å². The summed E-state index contributed by atoms with van der Waals surface area (Å²) in [6.45, 7) is 2.11. The Morgan fingerprint density at radius 3 is 1.67 bits per heavy atom. The Labute approximate surface area is 246 Å². The van der Waals surface area contributed by atoms with Crippen molar-refractivity contribution in [2.45, 2.75) is 38.7 Å². The average molecular weight is 591 g/mol. The lowest BCUT2D eigenvalue weighted by molar-refractivity contribution is -0.189. The summed E-state index contributed by atoms with van der Waals surface area (Å²) in [7, 11) is 0. The van der Waals surface area contributed by atoms with Crippen molar-refractivity contribution in [3.8, 4) is 39.1 Å². The summed E-state index contributed by atoms with van der Waals surface area (Å²) < 4.78 is 92.7. The molecular formula is C36H28F6O. The Kier molecular flexibility index (Phi) is 8.90. The second kappa shape index (κ2) is 12.8. The molecular weight excluding hydrogens is 562 g/mol. The maximum absolute atomic E-state index is 15.0. The maximum Gasteiger partial charge on any atom is 0.432 e. The summed E-state index contributed by atoms with van der Waals surface area (Å²) in [6, 6.07) is 24.5. The maximum atomic E-state index is 15.0. The minimum atomic E-state index is -4.42. The van der Waals surface area contributed by atoms with E-state index in [1.165, 1.54) is 18.2 Å². The van der Waals surface area contributed by atoms with Crippen LogP contribution in [0, 0.1) is 23.3 Å². The first-order valence-electron chi connectivity index (χ1n) is 14.0. The Bertz CT molecular complexity index is 1670. The van der Waals surface area contributed by atoms with Crippen molar-refractivity contribution in [2.75, 3.05) is 0 Å². The fourth-order valence-electron chi connectivity index (χ4n) is 4.94. The van der Waals surface area contributed by atoms with E-state index in [-0.39, 0.29) is 16.9 Å². The normalized spacial score (nSPS) is 11.5. The number of benzene rings is 5. The van der Waals surface area contributed by atoms with Crippen molar-refractivity contribution in [2.24, 2.45) is 0 Å². The number of halogens is 6. The van der Waals surface area contributed by atoms with Crippen LogP contribution >= 0.6 is 0 Å². The zero-order valence-electron chi connectivity index (χ0n) is 23.3. The number of rotatable bonds is 10. The molecule has 0 saturated heterocycles. The lowest BCUT2D eigenvalue weighted by atomic mass is 9.99. The molecule has 7 heteroatoms. The van der Waals surface area contributed by atoms with E-state index in [1.807, 2.05) is 12.1 Å². The lowest BCUT2D eigenvalue weighted by Gasteiger charge is -2.20. The zero-order chi connectivity index (χ0) is 30.6. The SMILES string of the molecule is CCCCCc1ccc(-c2cc(F)c(C(F)(F)Oc3ccc(-c4ccc(-c5ccc(F)cc5)cc4)c(F)c3)c(F)c2)cc1. The van der Waals surface area contributed by atoms with Crippen LogP contribution in [0.5, 0.6) is 5.75 Å². The van der Waals surface area contributed by atoms with Crippen molar-refractivity contribution in [3.63, 3.8) is 0 Å². The molecule has 43 heavy (non-hydrogen) atoms. The highest BCUT2D eigenvalue weighted by atomic mass is 19.3. The highest BCUT2D eigenvalue weighted by Crippen LogP contribution is 2.38. The van der Waals surface area contributed by atoms with Crippen molar-refractivity contribution >= 4 is 0 Å². The number of hydrogen-bond acceptors (Lipinski definition) is 1. The van der Waals surface area contributed by atoms with Gasteiger partial charge in [-0.1, -0.05) is 80.4 Å². The lowest BCUT2D eigenvalue weighted by Crippen LogP contribution is -2.25. The Morgan fingerprint density at radius 2 is 1.09 bits per heavy atom. The first-order chi connectivity index (χ1) is 20.6. The fraction of sp³-hybridized carbons (Fsp3) is 0.167. The van der Waals surface area contributed by atoms with Gasteiger partial charge in [0.05, 0.1) is 0 Å². The average Bonchev–Trinajstić information content (AvgIpc) is 2.97. The number of unbranched alkanes of at least 4 members (excludes halogenated alkanes) is 2. The summed E-state index contributed by atoms with van der Waals surface area (Å²) in [5.74, 6) is -4.79. The molecule has 0 atom stereocenters. The van der Waals surface area contributed by atoms with E-state index in [0.29, 0.717) is 11.1 Å². The third kappa shape index (κ3) is 6.94. The molecule has 0 aliphatic carbocycles. The van der Waals surface area contributed by atoms with E-state index in [2.05, 4.69) is 11.7 Å². The highest BCUT2D eigenvalue weighted by Gasteiger charge is 2.41. The van der Waals surface area contributed by atoms with Crippen LogP contribution in [0.4, 0.5) is 26.3 Å². The van der Waals surface area contributed by atoms with Crippen LogP contribution in [0.1, 0.15) is 37.3 Å². The van der Waals surface area contributed by atoms with Gasteiger partial charge in [0.25, 0.3) is 0 Å². The van der Waals surface area contributed by atoms with Gasteiger partial charge in [-0.05, 0) is 82.6 Å². The van der Waals surface area contributed by atoms with Gasteiger partial charge < -0.3 is 4.74 Å². The largest absolute Gasteiger partial charge is 0.432 e. The van der Waals surface area contributed by atoms with Gasteiger partial charge in [0.15, 0.2) is 0 Å². The van der Waals surface area contributed by atoms with E-state index in [9.17, 15) is 17.6 Å². The zero-order valence-corrected chi connectivity index (χ0v) is 23.3. The second-order valence-corrected chi connectivity index (χ2v) is 10.3. The standard InChI is InChI=1S/C36H28F6O/c1-2-3-4-5-23-6-8-26(9-7-23)28-20-33(39)35(34(40)21-28)36(41,42)43-30-18-19-31(32(38)22-30)27-12-10-24(11-13-27)25-14-16-29(37)17-15-25/h6-22H,2-5H2,1H3. The van der Waals surface area contributed by atoms with Crippen LogP contribution in [0.3, 0.4) is 0 Å². The van der Waals surface area contributed by atoms with Crippen LogP contribution < -0.4 is 4.74 Å². The molecule has 0 fully saturated rings. The summed E-state index contributed by atoms with van der Waals surface area (Å²) >= 11 is 0. The molecule has 220 valence electrons. The number of aryl methyl sites for hydroxylation is 1. The van der Waals surface area contributed by atoms with E-state index >= 15 is 8.78 Å². The third-order valence-corrected chi connectivity index (χ3v) is 7.25. The van der Waals surface area contributed by atoms with Crippen LogP contribution in [0.2, 0.25) is 0 Å².